The van der Waals surface area contributed by atoms with Gasteiger partial charge < -0.3 is 0 Å². The summed E-state index contributed by atoms with van der Waals surface area (Å²) in [6, 6.07) is 0. The van der Waals surface area contributed by atoms with Crippen LogP contribution in [0.1, 0.15) is 11.1 Å². The molecule has 2 rings (SSSR count). The number of hydrogen-bond donors (Lipinski definition) is 0. The molecule has 25 heavy (non-hydrogen) atoms. The van der Waals surface area contributed by atoms with Crippen LogP contribution in [-0.2, 0) is 11.3 Å². The number of fused-ring (bicyclic) bond motifs is 1. The highest BCUT2D eigenvalue weighted by molar-refractivity contribution is 5.56. The van der Waals surface area contributed by atoms with Crippen molar-refractivity contribution >= 4 is 0 Å². The third-order valence-corrected chi connectivity index (χ3v) is 3.61. The quantitative estimate of drug-likeness (QED) is 0.340. The van der Waals surface area contributed by atoms with Gasteiger partial charge in [0.25, 0.3) is 11.3 Å². The molecule has 14 heteroatoms. The number of benzene rings is 1. The second-order valence-corrected chi connectivity index (χ2v) is 4.89. The molecule has 0 N–H and O–H groups in total. The van der Waals surface area contributed by atoms with E-state index in [0.29, 0.717) is 0 Å². The summed E-state index contributed by atoms with van der Waals surface area (Å²) in [5.74, 6) is -20.3. The van der Waals surface area contributed by atoms with E-state index in [0.717, 1.165) is 0 Å². The van der Waals surface area contributed by atoms with E-state index in [1.54, 1.807) is 0 Å². The molecule has 1 aliphatic rings. The van der Waals surface area contributed by atoms with Crippen LogP contribution in [0.25, 0.3) is 0 Å². The minimum absolute atomic E-state index is 3.15. The highest BCUT2D eigenvalue weighted by Gasteiger charge is 2.93. The molecule has 0 bridgehead atoms. The molecule has 0 aromatic heterocycles. The SMILES string of the molecule is Fc1c(F)c(F)c2c(c1F)[C@@](F)(C(F)(F)F)[C@@]2(F)C(F)(F)C(F)(F)F. The van der Waals surface area contributed by atoms with Gasteiger partial charge >= 0.3 is 18.3 Å². The molecular formula is C11F14. The predicted octanol–water partition coefficient (Wildman–Crippen LogP) is 5.35. The van der Waals surface area contributed by atoms with Gasteiger partial charge in [-0.05, 0) is 0 Å². The van der Waals surface area contributed by atoms with E-state index in [1.807, 2.05) is 0 Å². The van der Waals surface area contributed by atoms with Crippen LogP contribution in [0.3, 0.4) is 0 Å². The van der Waals surface area contributed by atoms with Gasteiger partial charge in [-0.25, -0.2) is 26.3 Å². The van der Waals surface area contributed by atoms with Crippen molar-refractivity contribution in [1.82, 2.24) is 0 Å². The first kappa shape index (κ1) is 19.6. The van der Waals surface area contributed by atoms with Crippen molar-refractivity contribution in [2.75, 3.05) is 0 Å². The number of alkyl halides is 10. The third kappa shape index (κ3) is 1.85. The van der Waals surface area contributed by atoms with Crippen molar-refractivity contribution in [3.05, 3.63) is 34.4 Å². The Balaban J connectivity index is 3.05. The molecule has 2 atom stereocenters. The van der Waals surface area contributed by atoms with Crippen LogP contribution in [0.15, 0.2) is 0 Å². The smallest absolute Gasteiger partial charge is 0.227 e. The van der Waals surface area contributed by atoms with Crippen LogP contribution in [0, 0.1) is 23.3 Å². The Morgan fingerprint density at radius 1 is 0.520 bits per heavy atom. The molecule has 0 fully saturated rings. The van der Waals surface area contributed by atoms with Crippen LogP contribution in [0.5, 0.6) is 0 Å². The van der Waals surface area contributed by atoms with E-state index in [1.165, 1.54) is 0 Å². The van der Waals surface area contributed by atoms with Gasteiger partial charge in [-0.3, -0.25) is 0 Å². The van der Waals surface area contributed by atoms with Crippen molar-refractivity contribution in [3.8, 4) is 0 Å². The van der Waals surface area contributed by atoms with Crippen molar-refractivity contribution in [1.29, 1.82) is 0 Å². The minimum Gasteiger partial charge on any atom is -0.227 e. The van der Waals surface area contributed by atoms with Gasteiger partial charge in [0.15, 0.2) is 23.3 Å². The summed E-state index contributed by atoms with van der Waals surface area (Å²) in [6.07, 6.45) is -14.2. The molecule has 0 radical (unpaired) electrons. The second kappa shape index (κ2) is 4.69. The molecular weight excluding hydrogens is 398 g/mol. The Labute approximate surface area is 127 Å². The van der Waals surface area contributed by atoms with Crippen molar-refractivity contribution in [2.24, 2.45) is 0 Å². The van der Waals surface area contributed by atoms with Crippen molar-refractivity contribution < 1.29 is 61.5 Å². The van der Waals surface area contributed by atoms with Gasteiger partial charge in [-0.2, -0.15) is 35.1 Å². The topological polar surface area (TPSA) is 0 Å². The fourth-order valence-corrected chi connectivity index (χ4v) is 2.47. The summed E-state index contributed by atoms with van der Waals surface area (Å²) in [6.45, 7) is 0. The summed E-state index contributed by atoms with van der Waals surface area (Å²) in [7, 11) is 0. The molecule has 0 amide bonds. The molecule has 0 heterocycles. The van der Waals surface area contributed by atoms with Crippen LogP contribution >= 0.6 is 0 Å². The zero-order valence-electron chi connectivity index (χ0n) is 10.8. The van der Waals surface area contributed by atoms with Crippen LogP contribution < -0.4 is 0 Å². The van der Waals surface area contributed by atoms with E-state index in [4.69, 9.17) is 0 Å². The van der Waals surface area contributed by atoms with E-state index >= 15 is 0 Å². The number of rotatable bonds is 1. The lowest BCUT2D eigenvalue weighted by molar-refractivity contribution is -0.403. The predicted molar refractivity (Wildman–Crippen MR) is 48.9 cm³/mol. The van der Waals surface area contributed by atoms with Gasteiger partial charge in [0.05, 0.1) is 5.56 Å². The molecule has 0 spiro atoms. The third-order valence-electron chi connectivity index (χ3n) is 3.61. The highest BCUT2D eigenvalue weighted by Crippen LogP contribution is 2.73. The first-order chi connectivity index (χ1) is 10.9. The van der Waals surface area contributed by atoms with Crippen molar-refractivity contribution in [2.45, 2.75) is 29.6 Å². The molecule has 1 aromatic carbocycles. The average Bonchev–Trinajstić information content (AvgIpc) is 2.44. The highest BCUT2D eigenvalue weighted by atomic mass is 19.4. The second-order valence-electron chi connectivity index (χ2n) is 4.89. The first-order valence-electron chi connectivity index (χ1n) is 5.65. The zero-order valence-corrected chi connectivity index (χ0v) is 10.8. The zero-order chi connectivity index (χ0) is 20.0. The maximum absolute atomic E-state index is 14.2. The lowest BCUT2D eigenvalue weighted by Crippen LogP contribution is -2.72. The van der Waals surface area contributed by atoms with E-state index in [9.17, 15) is 61.5 Å². The average molecular weight is 398 g/mol. The van der Waals surface area contributed by atoms with Gasteiger partial charge in [0, 0.05) is 5.56 Å². The molecule has 0 aliphatic heterocycles. The Bertz CT molecular complexity index is 743. The Hall–Kier alpha value is -1.76. The fraction of sp³-hybridized carbons (Fsp3) is 0.455. The standard InChI is InChI=1S/C11F14/c12-3-1-2(4(13)6(15)5(3)14)8(17,10(20,21)22)7(1,16)9(18,19)11(23,24)25/t7-,8+/m1/s1. The van der Waals surface area contributed by atoms with E-state index in [-0.39, 0.29) is 0 Å². The summed E-state index contributed by atoms with van der Waals surface area (Å²) < 4.78 is 182. The Morgan fingerprint density at radius 2 is 0.840 bits per heavy atom. The van der Waals surface area contributed by atoms with E-state index < -0.39 is 64.0 Å². The summed E-state index contributed by atoms with van der Waals surface area (Å²) in [5, 5.41) is 0. The maximum Gasteiger partial charge on any atom is 0.457 e. The largest absolute Gasteiger partial charge is 0.457 e. The normalized spacial score (nSPS) is 27.1. The Kier molecular flexibility index (Phi) is 3.67. The first-order valence-corrected chi connectivity index (χ1v) is 5.65. The Morgan fingerprint density at radius 3 is 1.12 bits per heavy atom. The fourth-order valence-electron chi connectivity index (χ4n) is 2.47. The van der Waals surface area contributed by atoms with Crippen LogP contribution in [0.2, 0.25) is 0 Å². The van der Waals surface area contributed by atoms with Gasteiger partial charge in [0.1, 0.15) is 0 Å². The molecule has 0 saturated carbocycles. The number of hydrogen-bond acceptors (Lipinski definition) is 0. The van der Waals surface area contributed by atoms with Crippen LogP contribution in [0.4, 0.5) is 61.5 Å². The van der Waals surface area contributed by atoms with Gasteiger partial charge in [-0.1, -0.05) is 0 Å². The molecule has 1 aromatic rings. The molecule has 0 nitrogen and oxygen atoms in total. The minimum atomic E-state index is -7.28. The summed E-state index contributed by atoms with van der Waals surface area (Å²) in [4.78, 5) is 0. The molecule has 0 unspecified atom stereocenters. The lowest BCUT2D eigenvalue weighted by atomic mass is 9.59. The summed E-state index contributed by atoms with van der Waals surface area (Å²) >= 11 is 0. The monoisotopic (exact) mass is 398 g/mol. The molecule has 1 aliphatic carbocycles. The van der Waals surface area contributed by atoms with E-state index in [2.05, 4.69) is 0 Å². The van der Waals surface area contributed by atoms with Crippen molar-refractivity contribution in [3.63, 3.8) is 0 Å². The maximum atomic E-state index is 14.2. The molecule has 142 valence electrons. The van der Waals surface area contributed by atoms with Crippen LogP contribution in [-0.4, -0.2) is 18.3 Å². The molecule has 0 saturated heterocycles. The summed E-state index contributed by atoms with van der Waals surface area (Å²) in [5.41, 5.74) is -19.5. The number of halogens is 14. The van der Waals surface area contributed by atoms with Gasteiger partial charge in [0.2, 0.25) is 0 Å². The lowest BCUT2D eigenvalue weighted by Gasteiger charge is -2.52. The van der Waals surface area contributed by atoms with Gasteiger partial charge in [-0.15, -0.1) is 0 Å².